The minimum Gasteiger partial charge on any atom is -0.481 e. The lowest BCUT2D eigenvalue weighted by Gasteiger charge is -2.23. The summed E-state index contributed by atoms with van der Waals surface area (Å²) in [6.45, 7) is 0.448. The number of hydrogen-bond donors (Lipinski definition) is 2. The van der Waals surface area contributed by atoms with E-state index in [0.717, 1.165) is 12.0 Å². The average molecular weight is 271 g/mol. The fraction of sp³-hybridized carbons (Fsp3) is 0.375. The molecule has 0 unspecified atom stereocenters. The molecule has 4 nitrogen and oxygen atoms in total. The second-order valence-corrected chi connectivity index (χ2v) is 5.54. The molecule has 0 saturated heterocycles. The fourth-order valence-electron chi connectivity index (χ4n) is 3.42. The first-order chi connectivity index (χ1) is 9.66. The number of allylic oxidation sites excluding steroid dienone is 2. The van der Waals surface area contributed by atoms with Crippen molar-refractivity contribution in [3.05, 3.63) is 48.0 Å². The molecule has 1 fully saturated rings. The van der Waals surface area contributed by atoms with E-state index in [-0.39, 0.29) is 17.7 Å². The van der Waals surface area contributed by atoms with Crippen LogP contribution in [0, 0.1) is 23.7 Å². The summed E-state index contributed by atoms with van der Waals surface area (Å²) in [7, 11) is 0. The van der Waals surface area contributed by atoms with E-state index in [4.69, 9.17) is 0 Å². The lowest BCUT2D eigenvalue weighted by Crippen LogP contribution is -2.39. The van der Waals surface area contributed by atoms with Crippen LogP contribution in [0.4, 0.5) is 0 Å². The minimum absolute atomic E-state index is 0.0185. The molecule has 104 valence electrons. The molecule has 1 aromatic carbocycles. The number of fused-ring (bicyclic) bond motifs is 2. The van der Waals surface area contributed by atoms with Crippen LogP contribution in [-0.4, -0.2) is 17.0 Å². The van der Waals surface area contributed by atoms with Crippen molar-refractivity contribution in [1.82, 2.24) is 5.32 Å². The van der Waals surface area contributed by atoms with E-state index in [0.29, 0.717) is 6.54 Å². The van der Waals surface area contributed by atoms with Crippen LogP contribution in [-0.2, 0) is 16.1 Å². The van der Waals surface area contributed by atoms with Gasteiger partial charge in [0.1, 0.15) is 0 Å². The Kier molecular flexibility index (Phi) is 3.30. The van der Waals surface area contributed by atoms with E-state index in [1.807, 2.05) is 42.5 Å². The standard InChI is InChI=1S/C16H17NO3/c18-15(17-9-10-4-2-1-3-5-10)13-11-6-7-12(8-11)14(13)16(19)20/h1-7,11-14H,8-9H2,(H,17,18)(H,19,20)/t11-,12+,13+,14+/m1/s1. The van der Waals surface area contributed by atoms with Gasteiger partial charge in [0.25, 0.3) is 0 Å². The molecular weight excluding hydrogens is 254 g/mol. The van der Waals surface area contributed by atoms with Crippen LogP contribution in [0.25, 0.3) is 0 Å². The van der Waals surface area contributed by atoms with E-state index in [1.165, 1.54) is 0 Å². The van der Waals surface area contributed by atoms with Crippen LogP contribution in [0.5, 0.6) is 0 Å². The Hall–Kier alpha value is -2.10. The lowest BCUT2D eigenvalue weighted by molar-refractivity contribution is -0.147. The SMILES string of the molecule is O=C(NCc1ccccc1)[C@@H]1[C@@H](C(=O)O)[C@H]2C=C[C@@H]1C2. The van der Waals surface area contributed by atoms with E-state index in [9.17, 15) is 14.7 Å². The zero-order valence-corrected chi connectivity index (χ0v) is 11.0. The number of benzene rings is 1. The van der Waals surface area contributed by atoms with Gasteiger partial charge in [-0.2, -0.15) is 0 Å². The summed E-state index contributed by atoms with van der Waals surface area (Å²) in [5.41, 5.74) is 1.02. The predicted molar refractivity (Wildman–Crippen MR) is 73.6 cm³/mol. The highest BCUT2D eigenvalue weighted by Crippen LogP contribution is 2.48. The van der Waals surface area contributed by atoms with Crippen LogP contribution < -0.4 is 5.32 Å². The monoisotopic (exact) mass is 271 g/mol. The van der Waals surface area contributed by atoms with Crippen molar-refractivity contribution in [3.63, 3.8) is 0 Å². The summed E-state index contributed by atoms with van der Waals surface area (Å²) in [6, 6.07) is 9.64. The van der Waals surface area contributed by atoms with Crippen LogP contribution in [0.15, 0.2) is 42.5 Å². The molecule has 0 radical (unpaired) electrons. The number of hydrogen-bond acceptors (Lipinski definition) is 2. The normalized spacial score (nSPS) is 30.4. The van der Waals surface area contributed by atoms with Crippen molar-refractivity contribution >= 4 is 11.9 Å². The Bertz CT molecular complexity index is 552. The number of amides is 1. The zero-order chi connectivity index (χ0) is 14.1. The van der Waals surface area contributed by atoms with Gasteiger partial charge in [0, 0.05) is 6.54 Å². The maximum Gasteiger partial charge on any atom is 0.307 e. The Morgan fingerprint density at radius 3 is 2.40 bits per heavy atom. The molecule has 1 saturated carbocycles. The third-order valence-electron chi connectivity index (χ3n) is 4.36. The first kappa shape index (κ1) is 12.9. The summed E-state index contributed by atoms with van der Waals surface area (Å²) in [5.74, 6) is -1.89. The highest BCUT2D eigenvalue weighted by atomic mass is 16.4. The third-order valence-corrected chi connectivity index (χ3v) is 4.36. The van der Waals surface area contributed by atoms with E-state index in [1.54, 1.807) is 0 Å². The Balaban J connectivity index is 1.68. The molecule has 0 aliphatic heterocycles. The molecule has 3 rings (SSSR count). The molecule has 2 aliphatic rings. The van der Waals surface area contributed by atoms with E-state index >= 15 is 0 Å². The van der Waals surface area contributed by atoms with Gasteiger partial charge >= 0.3 is 5.97 Å². The third kappa shape index (κ3) is 2.22. The maximum atomic E-state index is 12.3. The number of carbonyl (C=O) groups excluding carboxylic acids is 1. The topological polar surface area (TPSA) is 66.4 Å². The molecule has 20 heavy (non-hydrogen) atoms. The molecule has 2 bridgehead atoms. The minimum atomic E-state index is -0.860. The van der Waals surface area contributed by atoms with Crippen LogP contribution in [0.2, 0.25) is 0 Å². The average Bonchev–Trinajstić information content (AvgIpc) is 3.06. The number of carboxylic acids is 1. The van der Waals surface area contributed by atoms with E-state index in [2.05, 4.69) is 5.32 Å². The summed E-state index contributed by atoms with van der Waals surface area (Å²) in [5, 5.41) is 12.2. The molecule has 4 atom stereocenters. The highest BCUT2D eigenvalue weighted by Gasteiger charge is 2.51. The van der Waals surface area contributed by atoms with Crippen molar-refractivity contribution in [3.8, 4) is 0 Å². The van der Waals surface area contributed by atoms with Gasteiger partial charge in [-0.05, 0) is 23.8 Å². The number of rotatable bonds is 4. The predicted octanol–water partition coefficient (Wildman–Crippen LogP) is 1.83. The van der Waals surface area contributed by atoms with Crippen molar-refractivity contribution in [2.45, 2.75) is 13.0 Å². The van der Waals surface area contributed by atoms with Gasteiger partial charge in [0.15, 0.2) is 0 Å². The number of carbonyl (C=O) groups is 2. The molecular formula is C16H17NO3. The highest BCUT2D eigenvalue weighted by molar-refractivity contribution is 5.86. The fourth-order valence-corrected chi connectivity index (χ4v) is 3.42. The molecule has 1 amide bonds. The second kappa shape index (κ2) is 5.12. The van der Waals surface area contributed by atoms with Gasteiger partial charge in [-0.3, -0.25) is 9.59 Å². The second-order valence-electron chi connectivity index (χ2n) is 5.54. The molecule has 0 spiro atoms. The van der Waals surface area contributed by atoms with Crippen LogP contribution >= 0.6 is 0 Å². The number of nitrogens with one attached hydrogen (secondary N) is 1. The van der Waals surface area contributed by atoms with E-state index < -0.39 is 17.8 Å². The number of carboxylic acid groups (broad SMARTS) is 1. The van der Waals surface area contributed by atoms with Crippen molar-refractivity contribution < 1.29 is 14.7 Å². The summed E-state index contributed by atoms with van der Waals surface area (Å²) < 4.78 is 0. The molecule has 1 aromatic rings. The summed E-state index contributed by atoms with van der Waals surface area (Å²) in [4.78, 5) is 23.7. The zero-order valence-electron chi connectivity index (χ0n) is 11.0. The Labute approximate surface area is 117 Å². The smallest absolute Gasteiger partial charge is 0.307 e. The van der Waals surface area contributed by atoms with Gasteiger partial charge < -0.3 is 10.4 Å². The van der Waals surface area contributed by atoms with Gasteiger partial charge in [0.05, 0.1) is 11.8 Å². The van der Waals surface area contributed by atoms with Crippen LogP contribution in [0.3, 0.4) is 0 Å². The molecule has 4 heteroatoms. The van der Waals surface area contributed by atoms with Gasteiger partial charge in [-0.1, -0.05) is 42.5 Å². The first-order valence-corrected chi connectivity index (χ1v) is 6.89. The Morgan fingerprint density at radius 1 is 1.10 bits per heavy atom. The van der Waals surface area contributed by atoms with Gasteiger partial charge in [0.2, 0.25) is 5.91 Å². The first-order valence-electron chi connectivity index (χ1n) is 6.89. The van der Waals surface area contributed by atoms with Crippen molar-refractivity contribution in [1.29, 1.82) is 0 Å². The molecule has 2 aliphatic carbocycles. The Morgan fingerprint density at radius 2 is 1.75 bits per heavy atom. The summed E-state index contributed by atoms with van der Waals surface area (Å²) >= 11 is 0. The van der Waals surface area contributed by atoms with Gasteiger partial charge in [-0.25, -0.2) is 0 Å². The quantitative estimate of drug-likeness (QED) is 0.821. The largest absolute Gasteiger partial charge is 0.481 e. The molecule has 0 aromatic heterocycles. The maximum absolute atomic E-state index is 12.3. The molecule has 2 N–H and O–H groups in total. The van der Waals surface area contributed by atoms with Crippen LogP contribution in [0.1, 0.15) is 12.0 Å². The van der Waals surface area contributed by atoms with Gasteiger partial charge in [-0.15, -0.1) is 0 Å². The molecule has 0 heterocycles. The van der Waals surface area contributed by atoms with Crippen molar-refractivity contribution in [2.24, 2.45) is 23.7 Å². The number of aliphatic carboxylic acids is 1. The lowest BCUT2D eigenvalue weighted by atomic mass is 9.82. The van der Waals surface area contributed by atoms with Crippen molar-refractivity contribution in [2.75, 3.05) is 0 Å². The summed E-state index contributed by atoms with van der Waals surface area (Å²) in [6.07, 6.45) is 4.74.